The number of hydrogen-bond donors (Lipinski definition) is 2. The van der Waals surface area contributed by atoms with Crippen LogP contribution >= 0.6 is 0 Å². The van der Waals surface area contributed by atoms with Gasteiger partial charge in [0.25, 0.3) is 0 Å². The quantitative estimate of drug-likeness (QED) is 0.846. The van der Waals surface area contributed by atoms with Crippen LogP contribution < -0.4 is 10.6 Å². The molecule has 1 unspecified atom stereocenters. The second-order valence-corrected chi connectivity index (χ2v) is 5.30. The van der Waals surface area contributed by atoms with Crippen molar-refractivity contribution in [3.63, 3.8) is 0 Å². The van der Waals surface area contributed by atoms with Crippen LogP contribution in [-0.4, -0.2) is 24.3 Å². The number of hydrogen-bond acceptors (Lipinski definition) is 4. The highest BCUT2D eigenvalue weighted by Crippen LogP contribution is 2.06. The van der Waals surface area contributed by atoms with Crippen molar-refractivity contribution in [1.29, 1.82) is 0 Å². The van der Waals surface area contributed by atoms with Crippen LogP contribution in [0.1, 0.15) is 33.3 Å². The van der Waals surface area contributed by atoms with Crippen molar-refractivity contribution in [3.8, 4) is 0 Å². The van der Waals surface area contributed by atoms with Gasteiger partial charge in [-0.2, -0.15) is 0 Å². The Morgan fingerprint density at radius 3 is 2.78 bits per heavy atom. The van der Waals surface area contributed by atoms with Crippen LogP contribution in [0.15, 0.2) is 23.0 Å². The molecule has 1 aromatic heterocycles. The summed E-state index contributed by atoms with van der Waals surface area (Å²) in [6.07, 6.45) is 2.95. The molecule has 0 aliphatic carbocycles. The molecular formula is C13H22N2O3. The number of amides is 1. The maximum absolute atomic E-state index is 11.4. The lowest BCUT2D eigenvalue weighted by atomic mass is 10.2. The van der Waals surface area contributed by atoms with Gasteiger partial charge in [-0.25, -0.2) is 4.79 Å². The number of alkyl carbamates (subject to hydrolysis) is 1. The molecule has 1 rings (SSSR count). The van der Waals surface area contributed by atoms with Crippen LogP contribution in [-0.2, 0) is 11.3 Å². The van der Waals surface area contributed by atoms with Crippen molar-refractivity contribution >= 4 is 6.09 Å². The lowest BCUT2D eigenvalue weighted by Gasteiger charge is -2.21. The van der Waals surface area contributed by atoms with E-state index in [4.69, 9.17) is 9.15 Å². The molecule has 0 spiro atoms. The zero-order valence-corrected chi connectivity index (χ0v) is 11.4. The van der Waals surface area contributed by atoms with E-state index in [1.807, 2.05) is 33.8 Å². The van der Waals surface area contributed by atoms with E-state index in [2.05, 4.69) is 10.6 Å². The third kappa shape index (κ3) is 6.30. The molecule has 5 nitrogen and oxygen atoms in total. The second-order valence-electron chi connectivity index (χ2n) is 5.30. The van der Waals surface area contributed by atoms with Crippen molar-refractivity contribution < 1.29 is 13.9 Å². The molecule has 0 fully saturated rings. The number of nitrogens with one attached hydrogen (secondary N) is 2. The maximum Gasteiger partial charge on any atom is 0.407 e. The molecule has 0 saturated carbocycles. The summed E-state index contributed by atoms with van der Waals surface area (Å²) >= 11 is 0. The molecule has 2 N–H and O–H groups in total. The zero-order valence-electron chi connectivity index (χ0n) is 11.4. The lowest BCUT2D eigenvalue weighted by Crippen LogP contribution is -2.40. The van der Waals surface area contributed by atoms with Gasteiger partial charge in [0.05, 0.1) is 12.5 Å². The molecular weight excluding hydrogens is 232 g/mol. The molecule has 0 aliphatic heterocycles. The SMILES string of the molecule is CC(CNC(=O)OC(C)(C)C)NCc1ccoc1. The minimum Gasteiger partial charge on any atom is -0.472 e. The first-order chi connectivity index (χ1) is 8.37. The van der Waals surface area contributed by atoms with Crippen LogP contribution in [0.4, 0.5) is 4.79 Å². The summed E-state index contributed by atoms with van der Waals surface area (Å²) in [6, 6.07) is 2.06. The van der Waals surface area contributed by atoms with Gasteiger partial charge in [0.2, 0.25) is 0 Å². The Morgan fingerprint density at radius 1 is 1.50 bits per heavy atom. The molecule has 1 aromatic rings. The van der Waals surface area contributed by atoms with E-state index in [0.29, 0.717) is 13.1 Å². The standard InChI is InChI=1S/C13H22N2O3/c1-10(14-8-11-5-6-17-9-11)7-15-12(16)18-13(2,3)4/h5-6,9-10,14H,7-8H2,1-4H3,(H,15,16). The number of rotatable bonds is 5. The fourth-order valence-corrected chi connectivity index (χ4v) is 1.31. The average molecular weight is 254 g/mol. The van der Waals surface area contributed by atoms with E-state index in [0.717, 1.165) is 5.56 Å². The van der Waals surface area contributed by atoms with Crippen molar-refractivity contribution in [2.24, 2.45) is 0 Å². The highest BCUT2D eigenvalue weighted by atomic mass is 16.6. The highest BCUT2D eigenvalue weighted by molar-refractivity contribution is 5.67. The van der Waals surface area contributed by atoms with Crippen molar-refractivity contribution in [2.75, 3.05) is 6.54 Å². The van der Waals surface area contributed by atoms with E-state index in [9.17, 15) is 4.79 Å². The van der Waals surface area contributed by atoms with E-state index in [1.54, 1.807) is 12.5 Å². The van der Waals surface area contributed by atoms with E-state index >= 15 is 0 Å². The van der Waals surface area contributed by atoms with E-state index in [1.165, 1.54) is 0 Å². The summed E-state index contributed by atoms with van der Waals surface area (Å²) < 4.78 is 10.1. The Balaban J connectivity index is 2.17. The Labute approximate surface area is 108 Å². The zero-order chi connectivity index (χ0) is 13.6. The molecule has 0 radical (unpaired) electrons. The minimum atomic E-state index is -0.461. The summed E-state index contributed by atoms with van der Waals surface area (Å²) in [4.78, 5) is 11.4. The van der Waals surface area contributed by atoms with Gasteiger partial charge in [0.1, 0.15) is 5.60 Å². The van der Waals surface area contributed by atoms with Gasteiger partial charge in [-0.3, -0.25) is 0 Å². The second kappa shape index (κ2) is 6.44. The summed E-state index contributed by atoms with van der Waals surface area (Å²) in [5.74, 6) is 0. The number of carbonyl (C=O) groups excluding carboxylic acids is 1. The molecule has 102 valence electrons. The predicted octanol–water partition coefficient (Wildman–Crippen LogP) is 2.28. The Morgan fingerprint density at radius 2 is 2.22 bits per heavy atom. The van der Waals surface area contributed by atoms with Crippen molar-refractivity contribution in [3.05, 3.63) is 24.2 Å². The molecule has 0 aliphatic rings. The first-order valence-electron chi connectivity index (χ1n) is 6.08. The number of furan rings is 1. The molecule has 0 saturated heterocycles. The molecule has 1 atom stereocenters. The minimum absolute atomic E-state index is 0.160. The van der Waals surface area contributed by atoms with Crippen LogP contribution in [0, 0.1) is 0 Å². The average Bonchev–Trinajstić information content (AvgIpc) is 2.74. The molecule has 1 heterocycles. The Kier molecular flexibility index (Phi) is 5.22. The molecule has 0 bridgehead atoms. The predicted molar refractivity (Wildman–Crippen MR) is 69.2 cm³/mol. The molecule has 1 amide bonds. The van der Waals surface area contributed by atoms with Crippen LogP contribution in [0.5, 0.6) is 0 Å². The van der Waals surface area contributed by atoms with Gasteiger partial charge >= 0.3 is 6.09 Å². The largest absolute Gasteiger partial charge is 0.472 e. The van der Waals surface area contributed by atoms with Crippen molar-refractivity contribution in [2.45, 2.75) is 45.9 Å². The third-order valence-corrected chi connectivity index (χ3v) is 2.19. The third-order valence-electron chi connectivity index (χ3n) is 2.19. The van der Waals surface area contributed by atoms with Gasteiger partial charge in [-0.15, -0.1) is 0 Å². The fourth-order valence-electron chi connectivity index (χ4n) is 1.31. The Bertz CT molecular complexity index is 355. The molecule has 0 aromatic carbocycles. The summed E-state index contributed by atoms with van der Waals surface area (Å²) in [5.41, 5.74) is 0.622. The summed E-state index contributed by atoms with van der Waals surface area (Å²) in [5, 5.41) is 5.99. The van der Waals surface area contributed by atoms with Gasteiger partial charge in [-0.05, 0) is 33.8 Å². The number of carbonyl (C=O) groups is 1. The summed E-state index contributed by atoms with van der Waals surface area (Å²) in [6.45, 7) is 8.76. The van der Waals surface area contributed by atoms with Gasteiger partial charge in [0.15, 0.2) is 0 Å². The monoisotopic (exact) mass is 254 g/mol. The Hall–Kier alpha value is -1.49. The lowest BCUT2D eigenvalue weighted by molar-refractivity contribution is 0.0523. The maximum atomic E-state index is 11.4. The van der Waals surface area contributed by atoms with Crippen LogP contribution in [0.3, 0.4) is 0 Å². The van der Waals surface area contributed by atoms with Crippen molar-refractivity contribution in [1.82, 2.24) is 10.6 Å². The van der Waals surface area contributed by atoms with Gasteiger partial charge in [0, 0.05) is 24.7 Å². The molecule has 18 heavy (non-hydrogen) atoms. The fraction of sp³-hybridized carbons (Fsp3) is 0.615. The topological polar surface area (TPSA) is 63.5 Å². The molecule has 5 heteroatoms. The van der Waals surface area contributed by atoms with E-state index in [-0.39, 0.29) is 12.1 Å². The van der Waals surface area contributed by atoms with Crippen LogP contribution in [0.2, 0.25) is 0 Å². The van der Waals surface area contributed by atoms with E-state index < -0.39 is 5.60 Å². The first kappa shape index (κ1) is 14.6. The smallest absolute Gasteiger partial charge is 0.407 e. The van der Waals surface area contributed by atoms with Gasteiger partial charge in [-0.1, -0.05) is 0 Å². The van der Waals surface area contributed by atoms with Gasteiger partial charge < -0.3 is 19.8 Å². The van der Waals surface area contributed by atoms with Crippen LogP contribution in [0.25, 0.3) is 0 Å². The first-order valence-corrected chi connectivity index (χ1v) is 6.08. The summed E-state index contributed by atoms with van der Waals surface area (Å²) in [7, 11) is 0. The highest BCUT2D eigenvalue weighted by Gasteiger charge is 2.16. The normalized spacial score (nSPS) is 13.1. The number of ether oxygens (including phenoxy) is 1.